The Hall–Kier alpha value is -2.32. The molecule has 0 saturated heterocycles. The zero-order chi connectivity index (χ0) is 19.5. The van der Waals surface area contributed by atoms with Crippen LogP contribution in [0.5, 0.6) is 0 Å². The standard InChI is InChI=1S/C20H22N4O2S2/c25-17(23-19-21-16(12-28-19)13-9-10-13)8-2-1-5-11-24-18(26)14-6-3-4-7-15(14)22-20(24)27/h3-4,6-7,12-13H,1-2,5,8-11H2,(H,22,27)(H,21,23,25). The van der Waals surface area contributed by atoms with Gasteiger partial charge in [0.1, 0.15) is 0 Å². The van der Waals surface area contributed by atoms with E-state index in [0.29, 0.717) is 34.2 Å². The number of aromatic amines is 1. The molecule has 0 bridgehead atoms. The predicted molar refractivity (Wildman–Crippen MR) is 115 cm³/mol. The highest BCUT2D eigenvalue weighted by molar-refractivity contribution is 7.71. The van der Waals surface area contributed by atoms with Crippen LogP contribution in [-0.4, -0.2) is 20.4 Å². The number of anilines is 1. The number of fused-ring (bicyclic) bond motifs is 1. The molecular formula is C20H22N4O2S2. The van der Waals surface area contributed by atoms with Crippen LogP contribution in [0.3, 0.4) is 0 Å². The number of thiazole rings is 1. The largest absolute Gasteiger partial charge is 0.332 e. The Bertz CT molecular complexity index is 1110. The molecule has 0 unspecified atom stereocenters. The first kappa shape index (κ1) is 19.0. The van der Waals surface area contributed by atoms with Crippen molar-refractivity contribution in [3.63, 3.8) is 0 Å². The van der Waals surface area contributed by atoms with Crippen LogP contribution in [0.1, 0.15) is 50.1 Å². The maximum absolute atomic E-state index is 12.6. The molecular weight excluding hydrogens is 392 g/mol. The second kappa shape index (κ2) is 8.36. The lowest BCUT2D eigenvalue weighted by Crippen LogP contribution is -2.22. The van der Waals surface area contributed by atoms with Crippen molar-refractivity contribution in [1.82, 2.24) is 14.5 Å². The van der Waals surface area contributed by atoms with Crippen LogP contribution in [-0.2, 0) is 11.3 Å². The van der Waals surface area contributed by atoms with E-state index in [1.807, 2.05) is 23.6 Å². The molecule has 6 nitrogen and oxygen atoms in total. The lowest BCUT2D eigenvalue weighted by Gasteiger charge is -2.08. The van der Waals surface area contributed by atoms with Gasteiger partial charge in [0.15, 0.2) is 9.90 Å². The molecule has 0 spiro atoms. The quantitative estimate of drug-likeness (QED) is 0.417. The number of carbonyl (C=O) groups excluding carboxylic acids is 1. The molecule has 0 radical (unpaired) electrons. The summed E-state index contributed by atoms with van der Waals surface area (Å²) < 4.78 is 2.05. The average molecular weight is 415 g/mol. The van der Waals surface area contributed by atoms with Gasteiger partial charge in [0, 0.05) is 24.3 Å². The van der Waals surface area contributed by atoms with E-state index in [0.717, 1.165) is 30.5 Å². The van der Waals surface area contributed by atoms with Crippen LogP contribution in [0.4, 0.5) is 5.13 Å². The smallest absolute Gasteiger partial charge is 0.262 e. The van der Waals surface area contributed by atoms with E-state index < -0.39 is 0 Å². The molecule has 1 amide bonds. The van der Waals surface area contributed by atoms with Crippen molar-refractivity contribution in [2.75, 3.05) is 5.32 Å². The molecule has 146 valence electrons. The van der Waals surface area contributed by atoms with Crippen LogP contribution in [0.15, 0.2) is 34.4 Å². The van der Waals surface area contributed by atoms with Gasteiger partial charge >= 0.3 is 0 Å². The van der Waals surface area contributed by atoms with Crippen molar-refractivity contribution in [2.24, 2.45) is 0 Å². The number of nitrogens with one attached hydrogen (secondary N) is 2. The summed E-state index contributed by atoms with van der Waals surface area (Å²) in [7, 11) is 0. The van der Waals surface area contributed by atoms with E-state index in [2.05, 4.69) is 15.3 Å². The summed E-state index contributed by atoms with van der Waals surface area (Å²) in [5, 5.41) is 6.26. The van der Waals surface area contributed by atoms with Gasteiger partial charge in [0.05, 0.1) is 16.6 Å². The molecule has 1 fully saturated rings. The van der Waals surface area contributed by atoms with Gasteiger partial charge in [-0.25, -0.2) is 4.98 Å². The van der Waals surface area contributed by atoms with Gasteiger partial charge in [0.2, 0.25) is 5.91 Å². The maximum Gasteiger partial charge on any atom is 0.262 e. The molecule has 1 saturated carbocycles. The number of amides is 1. The number of carbonyl (C=O) groups is 1. The minimum Gasteiger partial charge on any atom is -0.332 e. The highest BCUT2D eigenvalue weighted by Crippen LogP contribution is 2.40. The summed E-state index contributed by atoms with van der Waals surface area (Å²) in [6, 6.07) is 7.38. The maximum atomic E-state index is 12.6. The third-order valence-corrected chi connectivity index (χ3v) is 6.04. The number of aromatic nitrogens is 3. The molecule has 1 aliphatic carbocycles. The third-order valence-electron chi connectivity index (χ3n) is 4.94. The lowest BCUT2D eigenvalue weighted by atomic mass is 10.2. The summed E-state index contributed by atoms with van der Waals surface area (Å²) in [4.78, 5) is 32.2. The van der Waals surface area contributed by atoms with E-state index in [4.69, 9.17) is 12.2 Å². The number of para-hydroxylation sites is 1. The Morgan fingerprint density at radius 3 is 2.93 bits per heavy atom. The molecule has 2 heterocycles. The van der Waals surface area contributed by atoms with Gasteiger partial charge in [-0.1, -0.05) is 18.6 Å². The van der Waals surface area contributed by atoms with Crippen LogP contribution >= 0.6 is 23.6 Å². The molecule has 0 aliphatic heterocycles. The summed E-state index contributed by atoms with van der Waals surface area (Å²) in [5.74, 6) is 0.601. The monoisotopic (exact) mass is 414 g/mol. The minimum absolute atomic E-state index is 0.00291. The second-order valence-corrected chi connectivity index (χ2v) is 8.39. The van der Waals surface area contributed by atoms with Crippen molar-refractivity contribution >= 4 is 45.5 Å². The van der Waals surface area contributed by atoms with Crippen molar-refractivity contribution < 1.29 is 4.79 Å². The highest BCUT2D eigenvalue weighted by Gasteiger charge is 2.26. The minimum atomic E-state index is -0.0627. The van der Waals surface area contributed by atoms with Crippen molar-refractivity contribution in [3.05, 3.63) is 50.5 Å². The van der Waals surface area contributed by atoms with E-state index in [1.165, 1.54) is 24.2 Å². The number of hydrogen-bond donors (Lipinski definition) is 2. The fourth-order valence-electron chi connectivity index (χ4n) is 3.23. The van der Waals surface area contributed by atoms with Gasteiger partial charge in [-0.2, -0.15) is 0 Å². The topological polar surface area (TPSA) is 79.8 Å². The molecule has 2 aromatic heterocycles. The number of hydrogen-bond acceptors (Lipinski definition) is 5. The average Bonchev–Trinajstić information content (AvgIpc) is 3.43. The van der Waals surface area contributed by atoms with Crippen molar-refractivity contribution in [3.8, 4) is 0 Å². The molecule has 1 aromatic carbocycles. The molecule has 3 aromatic rings. The first-order valence-corrected chi connectivity index (χ1v) is 10.9. The predicted octanol–water partition coefficient (Wildman–Crippen LogP) is 4.59. The van der Waals surface area contributed by atoms with E-state index >= 15 is 0 Å². The zero-order valence-electron chi connectivity index (χ0n) is 15.4. The van der Waals surface area contributed by atoms with E-state index in [-0.39, 0.29) is 11.5 Å². The normalized spacial score (nSPS) is 13.7. The van der Waals surface area contributed by atoms with Crippen LogP contribution in [0, 0.1) is 4.77 Å². The Morgan fingerprint density at radius 1 is 1.29 bits per heavy atom. The number of rotatable bonds is 8. The molecule has 28 heavy (non-hydrogen) atoms. The first-order valence-electron chi connectivity index (χ1n) is 9.59. The number of H-pyrrole nitrogens is 1. The van der Waals surface area contributed by atoms with Crippen LogP contribution in [0.2, 0.25) is 0 Å². The highest BCUT2D eigenvalue weighted by atomic mass is 32.1. The molecule has 1 aliphatic rings. The first-order chi connectivity index (χ1) is 13.6. The van der Waals surface area contributed by atoms with Crippen LogP contribution < -0.4 is 10.9 Å². The zero-order valence-corrected chi connectivity index (χ0v) is 17.1. The van der Waals surface area contributed by atoms with Crippen molar-refractivity contribution in [2.45, 2.75) is 51.0 Å². The Kier molecular flexibility index (Phi) is 5.68. The Balaban J connectivity index is 1.24. The number of unbranched alkanes of at least 4 members (excludes halogenated alkanes) is 2. The van der Waals surface area contributed by atoms with Gasteiger partial charge in [-0.05, 0) is 50.0 Å². The van der Waals surface area contributed by atoms with Gasteiger partial charge in [0.25, 0.3) is 5.56 Å². The molecule has 8 heteroatoms. The SMILES string of the molecule is O=C(CCCCCn1c(=S)[nH]c2ccccc2c1=O)Nc1nc(C2CC2)cs1. The summed E-state index contributed by atoms with van der Waals surface area (Å²) >= 11 is 6.82. The molecule has 2 N–H and O–H groups in total. The third kappa shape index (κ3) is 4.39. The van der Waals surface area contributed by atoms with Crippen LogP contribution in [0.25, 0.3) is 10.9 Å². The lowest BCUT2D eigenvalue weighted by molar-refractivity contribution is -0.116. The van der Waals surface area contributed by atoms with Gasteiger partial charge in [-0.15, -0.1) is 11.3 Å². The molecule has 0 atom stereocenters. The second-order valence-electron chi connectivity index (χ2n) is 7.14. The summed E-state index contributed by atoms with van der Waals surface area (Å²) in [6.07, 6.45) is 5.30. The van der Waals surface area contributed by atoms with Crippen molar-refractivity contribution in [1.29, 1.82) is 0 Å². The summed E-state index contributed by atoms with van der Waals surface area (Å²) in [6.45, 7) is 0.553. The Labute approximate surface area is 171 Å². The fraction of sp³-hybridized carbons (Fsp3) is 0.400. The van der Waals surface area contributed by atoms with Gasteiger partial charge < -0.3 is 10.3 Å². The summed E-state index contributed by atoms with van der Waals surface area (Å²) in [5.41, 5.74) is 1.81. The Morgan fingerprint density at radius 2 is 2.11 bits per heavy atom. The number of nitrogens with zero attached hydrogens (tertiary/aromatic N) is 2. The number of benzene rings is 1. The fourth-order valence-corrected chi connectivity index (χ4v) is 4.32. The molecule has 4 rings (SSSR count). The van der Waals surface area contributed by atoms with E-state index in [1.54, 1.807) is 10.6 Å². The van der Waals surface area contributed by atoms with E-state index in [9.17, 15) is 9.59 Å². The van der Waals surface area contributed by atoms with Gasteiger partial charge in [-0.3, -0.25) is 14.2 Å².